The van der Waals surface area contributed by atoms with Gasteiger partial charge in [0, 0.05) is 17.8 Å². The molecule has 31 heavy (non-hydrogen) atoms. The molecule has 4 rings (SSSR count). The van der Waals surface area contributed by atoms with Crippen molar-refractivity contribution in [2.45, 2.75) is 51.4 Å². The number of carbonyl (C=O) groups is 1. The summed E-state index contributed by atoms with van der Waals surface area (Å²) in [6.45, 7) is 3.91. The third kappa shape index (κ3) is 4.62. The summed E-state index contributed by atoms with van der Waals surface area (Å²) in [4.78, 5) is 16.6. The summed E-state index contributed by atoms with van der Waals surface area (Å²) in [6.07, 6.45) is 8.22. The van der Waals surface area contributed by atoms with Gasteiger partial charge in [-0.05, 0) is 55.9 Å². The van der Waals surface area contributed by atoms with E-state index in [1.165, 1.54) is 11.1 Å². The molecule has 2 N–H and O–H groups in total. The van der Waals surface area contributed by atoms with E-state index in [2.05, 4.69) is 34.6 Å². The van der Waals surface area contributed by atoms with Gasteiger partial charge < -0.3 is 15.2 Å². The lowest BCUT2D eigenvalue weighted by molar-refractivity contribution is -0.136. The van der Waals surface area contributed by atoms with Crippen LogP contribution < -0.4 is 5.32 Å². The van der Waals surface area contributed by atoms with E-state index in [1.54, 1.807) is 11.3 Å². The second-order valence-electron chi connectivity index (χ2n) is 8.05. The number of nitrogens with one attached hydrogen (secondary N) is 1. The van der Waals surface area contributed by atoms with Crippen LogP contribution in [0.5, 0.6) is 0 Å². The monoisotopic (exact) mass is 435 g/mol. The lowest BCUT2D eigenvalue weighted by Gasteiger charge is -2.21. The standard InChI is InChI=1S/C24H25N3O3S/c1-14(2)30-21-9-6-15(10-16(21)11-25)24-27-12-22(31-24)19-5-3-4-18-17(19)7-8-20(18)26-13-23(28)29/h3-6,10,12,14,20-21,26H,7-9,13H2,1-2H3,(H,28,29)/t20-,21?/m0/s1. The van der Waals surface area contributed by atoms with Crippen LogP contribution in [0.1, 0.15) is 48.9 Å². The molecule has 2 atom stereocenters. The zero-order valence-corrected chi connectivity index (χ0v) is 18.4. The molecule has 0 spiro atoms. The quantitative estimate of drug-likeness (QED) is 0.665. The van der Waals surface area contributed by atoms with E-state index in [4.69, 9.17) is 9.84 Å². The summed E-state index contributed by atoms with van der Waals surface area (Å²) in [5.74, 6) is -0.844. The average Bonchev–Trinajstić information content (AvgIpc) is 3.39. The number of nitriles is 1. The second-order valence-corrected chi connectivity index (χ2v) is 9.08. The van der Waals surface area contributed by atoms with Crippen molar-refractivity contribution in [1.29, 1.82) is 5.26 Å². The Hall–Kier alpha value is -2.79. The highest BCUT2D eigenvalue weighted by Crippen LogP contribution is 2.40. The van der Waals surface area contributed by atoms with Gasteiger partial charge in [-0.2, -0.15) is 5.26 Å². The first kappa shape index (κ1) is 21.4. The highest BCUT2D eigenvalue weighted by atomic mass is 32.1. The molecule has 1 unspecified atom stereocenters. The summed E-state index contributed by atoms with van der Waals surface area (Å²) >= 11 is 1.62. The number of aromatic nitrogens is 1. The fourth-order valence-electron chi connectivity index (χ4n) is 4.23. The molecule has 2 aliphatic carbocycles. The first-order valence-electron chi connectivity index (χ1n) is 10.5. The van der Waals surface area contributed by atoms with Crippen molar-refractivity contribution >= 4 is 22.9 Å². The van der Waals surface area contributed by atoms with Crippen LogP contribution in [0.2, 0.25) is 0 Å². The van der Waals surface area contributed by atoms with Crippen LogP contribution in [0.3, 0.4) is 0 Å². The third-order valence-corrected chi connectivity index (χ3v) is 6.64. The molecule has 6 nitrogen and oxygen atoms in total. The summed E-state index contributed by atoms with van der Waals surface area (Å²) < 4.78 is 5.85. The Bertz CT molecular complexity index is 1090. The van der Waals surface area contributed by atoms with Crippen LogP contribution >= 0.6 is 11.3 Å². The van der Waals surface area contributed by atoms with Gasteiger partial charge in [0.15, 0.2) is 0 Å². The Balaban J connectivity index is 1.57. The van der Waals surface area contributed by atoms with Crippen molar-refractivity contribution in [3.8, 4) is 16.5 Å². The number of hydrogen-bond donors (Lipinski definition) is 2. The van der Waals surface area contributed by atoms with Crippen LogP contribution in [0.15, 0.2) is 42.1 Å². The maximum Gasteiger partial charge on any atom is 0.317 e. The minimum atomic E-state index is -0.844. The van der Waals surface area contributed by atoms with Crippen molar-refractivity contribution in [1.82, 2.24) is 10.3 Å². The zero-order valence-electron chi connectivity index (χ0n) is 17.6. The third-order valence-electron chi connectivity index (χ3n) is 5.56. The van der Waals surface area contributed by atoms with E-state index in [9.17, 15) is 10.1 Å². The summed E-state index contributed by atoms with van der Waals surface area (Å²) in [7, 11) is 0. The Labute approximate surface area is 185 Å². The molecule has 1 aromatic carbocycles. The van der Waals surface area contributed by atoms with Crippen molar-refractivity contribution in [3.63, 3.8) is 0 Å². The van der Waals surface area contributed by atoms with E-state index >= 15 is 0 Å². The summed E-state index contributed by atoms with van der Waals surface area (Å²) in [6, 6.07) is 8.55. The minimum absolute atomic E-state index is 0.0394. The lowest BCUT2D eigenvalue weighted by atomic mass is 9.97. The maximum atomic E-state index is 10.9. The molecule has 0 amide bonds. The molecule has 0 saturated heterocycles. The number of aliphatic carboxylic acids is 1. The number of ether oxygens (including phenoxy) is 1. The lowest BCUT2D eigenvalue weighted by Crippen LogP contribution is -2.25. The average molecular weight is 436 g/mol. The maximum absolute atomic E-state index is 10.9. The van der Waals surface area contributed by atoms with Gasteiger partial charge in [0.25, 0.3) is 0 Å². The Morgan fingerprint density at radius 2 is 2.29 bits per heavy atom. The smallest absolute Gasteiger partial charge is 0.317 e. The highest BCUT2D eigenvalue weighted by Gasteiger charge is 2.26. The SMILES string of the molecule is CC(C)OC1CC=C(c2ncc(-c3cccc4c3CC[C@@H]4NCC(=O)O)s2)C=C1C#N. The first-order valence-corrected chi connectivity index (χ1v) is 11.3. The number of fused-ring (bicyclic) bond motifs is 1. The number of carboxylic acids is 1. The van der Waals surface area contributed by atoms with Crippen LogP contribution in [0.4, 0.5) is 0 Å². The normalized spacial score (nSPS) is 20.2. The van der Waals surface area contributed by atoms with Gasteiger partial charge in [0.1, 0.15) is 5.01 Å². The second kappa shape index (κ2) is 9.15. The Kier molecular flexibility index (Phi) is 6.33. The predicted molar refractivity (Wildman–Crippen MR) is 121 cm³/mol. The molecule has 0 bridgehead atoms. The van der Waals surface area contributed by atoms with E-state index in [0.717, 1.165) is 33.9 Å². The Morgan fingerprint density at radius 1 is 1.45 bits per heavy atom. The number of rotatable bonds is 7. The van der Waals surface area contributed by atoms with Gasteiger partial charge >= 0.3 is 5.97 Å². The van der Waals surface area contributed by atoms with Gasteiger partial charge in [-0.25, -0.2) is 4.98 Å². The predicted octanol–water partition coefficient (Wildman–Crippen LogP) is 4.50. The molecular formula is C24H25N3O3S. The van der Waals surface area contributed by atoms with Crippen molar-refractivity contribution in [2.75, 3.05) is 6.54 Å². The van der Waals surface area contributed by atoms with E-state index in [1.807, 2.05) is 32.2 Å². The molecule has 1 heterocycles. The van der Waals surface area contributed by atoms with Crippen LogP contribution in [0, 0.1) is 11.3 Å². The molecule has 0 aliphatic heterocycles. The number of hydrogen-bond acceptors (Lipinski definition) is 6. The molecular weight excluding hydrogens is 410 g/mol. The zero-order chi connectivity index (χ0) is 22.0. The molecule has 0 radical (unpaired) electrons. The van der Waals surface area contributed by atoms with Crippen molar-refractivity contribution < 1.29 is 14.6 Å². The van der Waals surface area contributed by atoms with Gasteiger partial charge in [0.2, 0.25) is 0 Å². The topological polar surface area (TPSA) is 95.2 Å². The van der Waals surface area contributed by atoms with E-state index < -0.39 is 5.97 Å². The number of carboxylic acid groups (broad SMARTS) is 1. The molecule has 2 aromatic rings. The molecule has 2 aliphatic rings. The van der Waals surface area contributed by atoms with Crippen LogP contribution in [0.25, 0.3) is 16.0 Å². The van der Waals surface area contributed by atoms with Crippen molar-refractivity contribution in [3.05, 3.63) is 58.3 Å². The summed E-state index contributed by atoms with van der Waals surface area (Å²) in [5, 5.41) is 22.5. The van der Waals surface area contributed by atoms with Crippen LogP contribution in [-0.4, -0.2) is 34.8 Å². The number of allylic oxidation sites excluding steroid dienone is 2. The minimum Gasteiger partial charge on any atom is -0.480 e. The van der Waals surface area contributed by atoms with Gasteiger partial charge in [-0.3, -0.25) is 4.79 Å². The van der Waals surface area contributed by atoms with Gasteiger partial charge in [-0.1, -0.05) is 24.3 Å². The van der Waals surface area contributed by atoms with E-state index in [0.29, 0.717) is 12.0 Å². The van der Waals surface area contributed by atoms with Crippen LogP contribution in [-0.2, 0) is 16.0 Å². The molecule has 0 saturated carbocycles. The van der Waals surface area contributed by atoms with E-state index in [-0.39, 0.29) is 24.8 Å². The van der Waals surface area contributed by atoms with Crippen molar-refractivity contribution in [2.24, 2.45) is 0 Å². The number of nitrogens with zero attached hydrogens (tertiary/aromatic N) is 2. The molecule has 7 heteroatoms. The van der Waals surface area contributed by atoms with Gasteiger partial charge in [-0.15, -0.1) is 11.3 Å². The fourth-order valence-corrected chi connectivity index (χ4v) is 5.21. The first-order chi connectivity index (χ1) is 15.0. The molecule has 160 valence electrons. The fraction of sp³-hybridized carbons (Fsp3) is 0.375. The number of benzene rings is 1. The molecule has 0 fully saturated rings. The number of thiazole rings is 1. The Morgan fingerprint density at radius 3 is 3.03 bits per heavy atom. The summed E-state index contributed by atoms with van der Waals surface area (Å²) in [5.41, 5.74) is 5.19. The highest BCUT2D eigenvalue weighted by molar-refractivity contribution is 7.16. The largest absolute Gasteiger partial charge is 0.480 e. The van der Waals surface area contributed by atoms with Gasteiger partial charge in [0.05, 0.1) is 35.3 Å². The molecule has 1 aromatic heterocycles.